The lowest BCUT2D eigenvalue weighted by Gasteiger charge is -1.94. The molecular formula is C10H15NO2. The minimum Gasteiger partial charge on any atom is -0.463 e. The third kappa shape index (κ3) is 1.76. The first kappa shape index (κ1) is 8.78. The maximum atomic E-state index is 5.60. The number of methoxy groups -OCH3 is 1. The zero-order valence-electron chi connectivity index (χ0n) is 7.82. The molecule has 2 rings (SSSR count). The van der Waals surface area contributed by atoms with E-state index < -0.39 is 0 Å². The fraction of sp³-hybridized carbons (Fsp3) is 0.600. The van der Waals surface area contributed by atoms with Crippen molar-refractivity contribution in [3.63, 3.8) is 0 Å². The van der Waals surface area contributed by atoms with Gasteiger partial charge in [0.2, 0.25) is 0 Å². The lowest BCUT2D eigenvalue weighted by Crippen LogP contribution is -2.01. The summed E-state index contributed by atoms with van der Waals surface area (Å²) in [6, 6.07) is 4.01. The van der Waals surface area contributed by atoms with Crippen LogP contribution in [0.2, 0.25) is 0 Å². The Balaban J connectivity index is 1.98. The van der Waals surface area contributed by atoms with Gasteiger partial charge in [-0.3, -0.25) is 0 Å². The van der Waals surface area contributed by atoms with Crippen molar-refractivity contribution in [2.45, 2.75) is 18.9 Å². The van der Waals surface area contributed by atoms with Gasteiger partial charge in [0.1, 0.15) is 18.1 Å². The summed E-state index contributed by atoms with van der Waals surface area (Å²) in [5.74, 6) is 3.18. The highest BCUT2D eigenvalue weighted by molar-refractivity contribution is 5.18. The summed E-state index contributed by atoms with van der Waals surface area (Å²) >= 11 is 0. The summed E-state index contributed by atoms with van der Waals surface area (Å²) < 4.78 is 10.6. The molecule has 1 heterocycles. The lowest BCUT2D eigenvalue weighted by molar-refractivity contribution is 0.162. The molecule has 1 aliphatic carbocycles. The molecule has 1 aliphatic rings. The van der Waals surface area contributed by atoms with Crippen molar-refractivity contribution in [1.82, 2.24) is 0 Å². The van der Waals surface area contributed by atoms with Gasteiger partial charge in [-0.1, -0.05) is 0 Å². The maximum Gasteiger partial charge on any atom is 0.129 e. The third-order valence-corrected chi connectivity index (χ3v) is 2.56. The molecule has 2 unspecified atom stereocenters. The molecule has 2 atom stereocenters. The minimum atomic E-state index is 0.556. The second-order valence-electron chi connectivity index (χ2n) is 3.58. The van der Waals surface area contributed by atoms with Crippen LogP contribution in [-0.2, 0) is 11.3 Å². The second kappa shape index (κ2) is 3.52. The number of nitrogens with two attached hydrogens (primary N) is 1. The van der Waals surface area contributed by atoms with Gasteiger partial charge in [0.15, 0.2) is 0 Å². The van der Waals surface area contributed by atoms with Crippen LogP contribution in [0, 0.1) is 5.92 Å². The van der Waals surface area contributed by atoms with Crippen LogP contribution in [0.4, 0.5) is 0 Å². The fourth-order valence-electron chi connectivity index (χ4n) is 1.67. The molecule has 1 saturated carbocycles. The molecule has 0 saturated heterocycles. The van der Waals surface area contributed by atoms with E-state index in [9.17, 15) is 0 Å². The molecular weight excluding hydrogens is 166 g/mol. The van der Waals surface area contributed by atoms with Gasteiger partial charge < -0.3 is 14.9 Å². The fourth-order valence-corrected chi connectivity index (χ4v) is 1.67. The third-order valence-electron chi connectivity index (χ3n) is 2.56. The Labute approximate surface area is 77.9 Å². The van der Waals surface area contributed by atoms with Gasteiger partial charge >= 0.3 is 0 Å². The molecule has 0 aliphatic heterocycles. The van der Waals surface area contributed by atoms with Crippen LogP contribution < -0.4 is 5.73 Å². The van der Waals surface area contributed by atoms with Gasteiger partial charge in [0.05, 0.1) is 0 Å². The first-order chi connectivity index (χ1) is 6.35. The Hall–Kier alpha value is -0.800. The van der Waals surface area contributed by atoms with Gasteiger partial charge in [-0.25, -0.2) is 0 Å². The molecule has 72 valence electrons. The van der Waals surface area contributed by atoms with Gasteiger partial charge in [-0.15, -0.1) is 0 Å². The van der Waals surface area contributed by atoms with Crippen molar-refractivity contribution < 1.29 is 9.15 Å². The highest BCUT2D eigenvalue weighted by atomic mass is 16.5. The lowest BCUT2D eigenvalue weighted by atomic mass is 10.2. The van der Waals surface area contributed by atoms with E-state index in [0.29, 0.717) is 18.4 Å². The number of ether oxygens (including phenoxy) is 1. The molecule has 1 aromatic heterocycles. The Morgan fingerprint density at radius 3 is 3.08 bits per heavy atom. The normalized spacial score (nSPS) is 26.3. The molecule has 1 aromatic rings. The summed E-state index contributed by atoms with van der Waals surface area (Å²) in [4.78, 5) is 0. The van der Waals surface area contributed by atoms with E-state index in [4.69, 9.17) is 14.9 Å². The molecule has 2 N–H and O–H groups in total. The van der Waals surface area contributed by atoms with E-state index in [1.54, 1.807) is 7.11 Å². The predicted molar refractivity (Wildman–Crippen MR) is 49.3 cm³/mol. The van der Waals surface area contributed by atoms with Crippen molar-refractivity contribution in [2.24, 2.45) is 11.7 Å². The highest BCUT2D eigenvalue weighted by Gasteiger charge is 2.39. The van der Waals surface area contributed by atoms with Crippen LogP contribution in [0.1, 0.15) is 23.9 Å². The first-order valence-corrected chi connectivity index (χ1v) is 4.62. The van der Waals surface area contributed by atoms with Gasteiger partial charge in [-0.2, -0.15) is 0 Å². The van der Waals surface area contributed by atoms with Crippen molar-refractivity contribution in [3.8, 4) is 0 Å². The average Bonchev–Trinajstić information content (AvgIpc) is 2.80. The van der Waals surface area contributed by atoms with Gasteiger partial charge in [0.25, 0.3) is 0 Å². The monoisotopic (exact) mass is 181 g/mol. The largest absolute Gasteiger partial charge is 0.463 e. The molecule has 13 heavy (non-hydrogen) atoms. The van der Waals surface area contributed by atoms with Crippen LogP contribution in [-0.4, -0.2) is 13.7 Å². The Morgan fingerprint density at radius 1 is 1.62 bits per heavy atom. The van der Waals surface area contributed by atoms with Crippen LogP contribution in [0.15, 0.2) is 16.5 Å². The van der Waals surface area contributed by atoms with E-state index in [-0.39, 0.29) is 0 Å². The van der Waals surface area contributed by atoms with E-state index in [1.807, 2.05) is 12.1 Å². The van der Waals surface area contributed by atoms with Gasteiger partial charge in [0, 0.05) is 13.0 Å². The Bertz CT molecular complexity index is 282. The zero-order chi connectivity index (χ0) is 9.26. The maximum absolute atomic E-state index is 5.60. The highest BCUT2D eigenvalue weighted by Crippen LogP contribution is 2.47. The molecule has 0 spiro atoms. The van der Waals surface area contributed by atoms with E-state index in [2.05, 4.69) is 0 Å². The number of hydrogen-bond acceptors (Lipinski definition) is 3. The number of hydrogen-bond donors (Lipinski definition) is 1. The van der Waals surface area contributed by atoms with E-state index in [0.717, 1.165) is 18.1 Å². The quantitative estimate of drug-likeness (QED) is 0.765. The summed E-state index contributed by atoms with van der Waals surface area (Å²) in [6.07, 6.45) is 1.18. The number of furan rings is 1. The van der Waals surface area contributed by atoms with Crippen LogP contribution >= 0.6 is 0 Å². The topological polar surface area (TPSA) is 48.4 Å². The summed E-state index contributed by atoms with van der Waals surface area (Å²) in [6.45, 7) is 1.32. The van der Waals surface area contributed by atoms with Crippen molar-refractivity contribution in [3.05, 3.63) is 23.7 Å². The Morgan fingerprint density at radius 2 is 2.46 bits per heavy atom. The second-order valence-corrected chi connectivity index (χ2v) is 3.58. The molecule has 3 nitrogen and oxygen atoms in total. The molecule has 0 amide bonds. The van der Waals surface area contributed by atoms with Gasteiger partial charge in [-0.05, 0) is 31.0 Å². The van der Waals surface area contributed by atoms with Crippen LogP contribution in [0.3, 0.4) is 0 Å². The van der Waals surface area contributed by atoms with E-state index in [1.165, 1.54) is 6.42 Å². The van der Waals surface area contributed by atoms with Crippen molar-refractivity contribution in [2.75, 3.05) is 13.7 Å². The Kier molecular flexibility index (Phi) is 2.38. The molecule has 0 radical (unpaired) electrons. The molecule has 3 heteroatoms. The van der Waals surface area contributed by atoms with Crippen molar-refractivity contribution >= 4 is 0 Å². The standard InChI is InChI=1S/C10H15NO2/c1-12-6-8-2-3-10(13-8)9-4-7(9)5-11/h2-3,7,9H,4-6,11H2,1H3. The number of rotatable bonds is 4. The SMILES string of the molecule is COCc1ccc(C2CC2CN)o1. The zero-order valence-corrected chi connectivity index (χ0v) is 7.82. The smallest absolute Gasteiger partial charge is 0.129 e. The first-order valence-electron chi connectivity index (χ1n) is 4.62. The van der Waals surface area contributed by atoms with Crippen LogP contribution in [0.5, 0.6) is 0 Å². The summed E-state index contributed by atoms with van der Waals surface area (Å²) in [7, 11) is 1.67. The molecule has 0 aromatic carbocycles. The summed E-state index contributed by atoms with van der Waals surface area (Å²) in [5, 5.41) is 0. The minimum absolute atomic E-state index is 0.556. The predicted octanol–water partition coefficient (Wildman–Crippen LogP) is 1.49. The average molecular weight is 181 g/mol. The van der Waals surface area contributed by atoms with Crippen LogP contribution in [0.25, 0.3) is 0 Å². The summed E-state index contributed by atoms with van der Waals surface area (Å²) in [5.41, 5.74) is 5.56. The van der Waals surface area contributed by atoms with E-state index >= 15 is 0 Å². The van der Waals surface area contributed by atoms with Crippen molar-refractivity contribution in [1.29, 1.82) is 0 Å². The molecule has 1 fully saturated rings. The molecule has 0 bridgehead atoms.